The van der Waals surface area contributed by atoms with Gasteiger partial charge in [-0.3, -0.25) is 27.9 Å². The molecule has 0 bridgehead atoms. The molecule has 2 fully saturated rings. The number of nitrogens with one attached hydrogen (secondary N) is 1. The molecule has 35 heavy (non-hydrogen) atoms. The lowest BCUT2D eigenvalue weighted by Gasteiger charge is -2.32. The van der Waals surface area contributed by atoms with E-state index in [1.807, 2.05) is 4.98 Å². The topological polar surface area (TPSA) is 198 Å². The first-order chi connectivity index (χ1) is 16.6. The SMILES string of the molecule is [N-]=[N+]=N[C@]1(CO[P@]2(=O)OCC[C@H](c3ccc(Cl)cc3Cl)O2)O[C@@H](n2ccc(=O)[nH]c2=O)[C@H](O)[C@@H]1O. The van der Waals surface area contributed by atoms with Gasteiger partial charge < -0.3 is 14.9 Å². The standard InChI is InChI=1S/C18H18Cl2N5O9P/c19-9-1-2-10(11(20)7-9)12-4-6-31-35(30,34-12)32-8-18(23-24-21)15(28)14(27)16(33-18)25-5-3-13(26)22-17(25)29/h1-3,5,7,12,14-16,27-28H,4,6,8H2,(H,22,26,29)/t12-,14-,15+,16-,18-,35+/m1/s1. The van der Waals surface area contributed by atoms with Crippen molar-refractivity contribution in [3.63, 3.8) is 0 Å². The van der Waals surface area contributed by atoms with Gasteiger partial charge >= 0.3 is 13.5 Å². The van der Waals surface area contributed by atoms with Crippen molar-refractivity contribution in [2.24, 2.45) is 5.11 Å². The number of rotatable bonds is 6. The summed E-state index contributed by atoms with van der Waals surface area (Å²) in [5.41, 5.74) is 5.54. The van der Waals surface area contributed by atoms with Crippen molar-refractivity contribution >= 4 is 31.0 Å². The second kappa shape index (κ2) is 10.0. The number of phosphoric acid groups is 1. The third-order valence-corrected chi connectivity index (χ3v) is 7.39. The summed E-state index contributed by atoms with van der Waals surface area (Å²) in [6.07, 6.45) is -4.81. The first-order valence-electron chi connectivity index (χ1n) is 10.0. The van der Waals surface area contributed by atoms with Crippen molar-refractivity contribution < 1.29 is 33.1 Å². The van der Waals surface area contributed by atoms with E-state index in [4.69, 9.17) is 47.0 Å². The molecule has 0 radical (unpaired) electrons. The van der Waals surface area contributed by atoms with Gasteiger partial charge in [0.05, 0.1) is 19.3 Å². The molecule has 0 amide bonds. The van der Waals surface area contributed by atoms with Crippen LogP contribution in [-0.4, -0.2) is 50.9 Å². The molecule has 1 aromatic carbocycles. The maximum absolute atomic E-state index is 13.2. The molecule has 6 atom stereocenters. The van der Waals surface area contributed by atoms with Crippen LogP contribution in [0.3, 0.4) is 0 Å². The average molecular weight is 550 g/mol. The van der Waals surface area contributed by atoms with E-state index in [0.717, 1.165) is 16.8 Å². The first kappa shape index (κ1) is 25.9. The van der Waals surface area contributed by atoms with Gasteiger partial charge in [-0.2, -0.15) is 0 Å². The number of aliphatic hydroxyl groups is 2. The van der Waals surface area contributed by atoms with Gasteiger partial charge in [-0.05, 0) is 17.7 Å². The van der Waals surface area contributed by atoms with Crippen molar-refractivity contribution in [3.05, 3.63) is 77.4 Å². The van der Waals surface area contributed by atoms with Crippen LogP contribution in [0.2, 0.25) is 10.0 Å². The Morgan fingerprint density at radius 3 is 2.80 bits per heavy atom. The van der Waals surface area contributed by atoms with E-state index in [-0.39, 0.29) is 18.1 Å². The molecule has 3 heterocycles. The van der Waals surface area contributed by atoms with E-state index in [9.17, 15) is 24.4 Å². The molecule has 0 aliphatic carbocycles. The van der Waals surface area contributed by atoms with E-state index in [1.54, 1.807) is 12.1 Å². The predicted molar refractivity (Wildman–Crippen MR) is 120 cm³/mol. The van der Waals surface area contributed by atoms with Crippen LogP contribution < -0.4 is 11.2 Å². The van der Waals surface area contributed by atoms with Crippen LogP contribution in [0.5, 0.6) is 0 Å². The van der Waals surface area contributed by atoms with Crippen molar-refractivity contribution in [2.75, 3.05) is 13.2 Å². The third-order valence-electron chi connectivity index (χ3n) is 5.37. The minimum Gasteiger partial charge on any atom is -0.387 e. The number of ether oxygens (including phenoxy) is 1. The fourth-order valence-electron chi connectivity index (χ4n) is 3.65. The second-order valence-electron chi connectivity index (χ2n) is 7.60. The number of aromatic amines is 1. The molecule has 2 aliphatic heterocycles. The molecular weight excluding hydrogens is 532 g/mol. The molecule has 17 heteroatoms. The number of H-pyrrole nitrogens is 1. The Morgan fingerprint density at radius 1 is 1.34 bits per heavy atom. The van der Waals surface area contributed by atoms with Crippen LogP contribution in [0, 0.1) is 0 Å². The van der Waals surface area contributed by atoms with Gasteiger partial charge in [0.25, 0.3) is 5.56 Å². The largest absolute Gasteiger partial charge is 0.475 e. The van der Waals surface area contributed by atoms with Crippen LogP contribution in [0.15, 0.2) is 45.2 Å². The van der Waals surface area contributed by atoms with Crippen molar-refractivity contribution in [2.45, 2.75) is 36.7 Å². The number of nitrogens with zero attached hydrogens (tertiary/aromatic N) is 4. The van der Waals surface area contributed by atoms with Gasteiger partial charge in [-0.1, -0.05) is 34.4 Å². The lowest BCUT2D eigenvalue weighted by Crippen LogP contribution is -2.45. The van der Waals surface area contributed by atoms with E-state index in [0.29, 0.717) is 10.6 Å². The van der Waals surface area contributed by atoms with Crippen molar-refractivity contribution in [3.8, 4) is 0 Å². The number of azide groups is 1. The molecule has 14 nitrogen and oxygen atoms in total. The van der Waals surface area contributed by atoms with Crippen LogP contribution >= 0.6 is 31.0 Å². The first-order valence-corrected chi connectivity index (χ1v) is 12.2. The maximum atomic E-state index is 13.2. The molecule has 0 unspecified atom stereocenters. The summed E-state index contributed by atoms with van der Waals surface area (Å²) < 4.78 is 35.5. The van der Waals surface area contributed by atoms with Gasteiger partial charge in [-0.15, -0.1) is 0 Å². The van der Waals surface area contributed by atoms with E-state index >= 15 is 0 Å². The van der Waals surface area contributed by atoms with Gasteiger partial charge in [0.1, 0.15) is 12.2 Å². The number of benzene rings is 1. The summed E-state index contributed by atoms with van der Waals surface area (Å²) in [5.74, 6) is 0. The fraction of sp³-hybridized carbons (Fsp3) is 0.444. The molecule has 0 saturated carbocycles. The van der Waals surface area contributed by atoms with Crippen LogP contribution in [0.1, 0.15) is 24.3 Å². The Labute approximate surface area is 206 Å². The van der Waals surface area contributed by atoms with E-state index in [1.165, 1.54) is 6.07 Å². The highest BCUT2D eigenvalue weighted by Crippen LogP contribution is 2.58. The highest BCUT2D eigenvalue weighted by molar-refractivity contribution is 7.48. The molecule has 4 rings (SSSR count). The van der Waals surface area contributed by atoms with Gasteiger partial charge in [0, 0.05) is 39.2 Å². The molecular formula is C18H18Cl2N5O9P. The minimum atomic E-state index is -4.30. The number of phosphoric ester groups is 1. The zero-order chi connectivity index (χ0) is 25.4. The molecule has 188 valence electrons. The summed E-state index contributed by atoms with van der Waals surface area (Å²) in [6, 6.07) is 5.65. The second-order valence-corrected chi connectivity index (χ2v) is 10.1. The molecule has 1 aromatic heterocycles. The van der Waals surface area contributed by atoms with Crippen LogP contribution in [0.25, 0.3) is 10.4 Å². The molecule has 3 N–H and O–H groups in total. The summed E-state index contributed by atoms with van der Waals surface area (Å²) >= 11 is 12.1. The molecule has 2 aliphatic rings. The number of halogens is 2. The predicted octanol–water partition coefficient (Wildman–Crippen LogP) is 2.40. The summed E-state index contributed by atoms with van der Waals surface area (Å²) in [5, 5.41) is 25.2. The smallest absolute Gasteiger partial charge is 0.387 e. The number of aliphatic hydroxyl groups excluding tert-OH is 2. The number of aromatic nitrogens is 2. The van der Waals surface area contributed by atoms with E-state index < -0.39 is 55.9 Å². The van der Waals surface area contributed by atoms with Gasteiger partial charge in [0.15, 0.2) is 6.23 Å². The Kier molecular flexibility index (Phi) is 7.41. The minimum absolute atomic E-state index is 0.0448. The molecule has 0 spiro atoms. The highest BCUT2D eigenvalue weighted by atomic mass is 35.5. The van der Waals surface area contributed by atoms with E-state index in [2.05, 4.69) is 10.0 Å². The van der Waals surface area contributed by atoms with Crippen LogP contribution in [-0.2, 0) is 22.9 Å². The van der Waals surface area contributed by atoms with Gasteiger partial charge in [0.2, 0.25) is 5.72 Å². The molecule has 2 saturated heterocycles. The highest BCUT2D eigenvalue weighted by Gasteiger charge is 2.56. The Hall–Kier alpha value is -2.22. The summed E-state index contributed by atoms with van der Waals surface area (Å²) in [6.45, 7) is -0.931. The zero-order valence-corrected chi connectivity index (χ0v) is 20.0. The van der Waals surface area contributed by atoms with Gasteiger partial charge in [-0.25, -0.2) is 9.36 Å². The maximum Gasteiger partial charge on any atom is 0.475 e. The quantitative estimate of drug-likeness (QED) is 0.209. The Bertz CT molecular complexity index is 1330. The average Bonchev–Trinajstić information content (AvgIpc) is 3.04. The Balaban J connectivity index is 1.56. The monoisotopic (exact) mass is 549 g/mol. The number of hydrogen-bond acceptors (Lipinski definition) is 10. The third kappa shape index (κ3) is 5.18. The number of hydrogen-bond donors (Lipinski definition) is 3. The summed E-state index contributed by atoms with van der Waals surface area (Å²) in [7, 11) is -4.30. The van der Waals surface area contributed by atoms with Crippen LogP contribution in [0.4, 0.5) is 0 Å². The lowest BCUT2D eigenvalue weighted by molar-refractivity contribution is -0.127. The Morgan fingerprint density at radius 2 is 2.11 bits per heavy atom. The lowest BCUT2D eigenvalue weighted by atomic mass is 10.1. The molecule has 2 aromatic rings. The normalized spacial score (nSPS) is 32.8. The van der Waals surface area contributed by atoms with Crippen molar-refractivity contribution in [1.29, 1.82) is 0 Å². The zero-order valence-electron chi connectivity index (χ0n) is 17.6. The van der Waals surface area contributed by atoms with Crippen molar-refractivity contribution in [1.82, 2.24) is 9.55 Å². The fourth-order valence-corrected chi connectivity index (χ4v) is 5.58. The summed E-state index contributed by atoms with van der Waals surface area (Å²) in [4.78, 5) is 28.0.